The molecular formula is C25H26N2O7S2. The first kappa shape index (κ1) is 23.6. The van der Waals surface area contributed by atoms with Gasteiger partial charge in [-0.05, 0) is 48.3 Å². The lowest BCUT2D eigenvalue weighted by Crippen LogP contribution is -2.42. The van der Waals surface area contributed by atoms with Crippen LogP contribution in [0.2, 0.25) is 0 Å². The summed E-state index contributed by atoms with van der Waals surface area (Å²) in [7, 11) is 3.17. The number of carbonyl (C=O) groups is 3. The summed E-state index contributed by atoms with van der Waals surface area (Å²) in [6.45, 7) is 0.151. The second-order valence-corrected chi connectivity index (χ2v) is 12.1. The maximum Gasteiger partial charge on any atom is 0.305 e. The SMILES string of the molecule is COc1ccc(C2c3sc(=O)[nH]c3SC3C4CC(C5C(=O)N(CCCC(=O)O)C(=O)C45)C23)cc1OC. The molecule has 6 rings (SSSR count). The van der Waals surface area contributed by atoms with Crippen LogP contribution in [0, 0.1) is 29.6 Å². The Labute approximate surface area is 215 Å². The molecule has 0 radical (unpaired) electrons. The van der Waals surface area contributed by atoms with Gasteiger partial charge in [-0.25, -0.2) is 0 Å². The molecule has 7 atom stereocenters. The van der Waals surface area contributed by atoms with Gasteiger partial charge in [0.1, 0.15) is 0 Å². The number of thiazole rings is 1. The number of ether oxygens (including phenoxy) is 2. The van der Waals surface area contributed by atoms with E-state index in [1.807, 2.05) is 18.2 Å². The van der Waals surface area contributed by atoms with Crippen molar-refractivity contribution < 1.29 is 29.0 Å². The molecule has 11 heteroatoms. The highest BCUT2D eigenvalue weighted by Gasteiger charge is 2.69. The van der Waals surface area contributed by atoms with Gasteiger partial charge < -0.3 is 19.6 Å². The highest BCUT2D eigenvalue weighted by atomic mass is 32.2. The Balaban J connectivity index is 1.38. The number of nitrogens with zero attached hydrogens (tertiary/aromatic N) is 1. The largest absolute Gasteiger partial charge is 0.493 e. The summed E-state index contributed by atoms with van der Waals surface area (Å²) in [5.41, 5.74) is 0.999. The molecule has 1 aromatic carbocycles. The van der Waals surface area contributed by atoms with Crippen molar-refractivity contribution in [1.82, 2.24) is 9.88 Å². The number of amides is 2. The lowest BCUT2D eigenvalue weighted by molar-refractivity contribution is -0.142. The third kappa shape index (κ3) is 3.35. The zero-order chi connectivity index (χ0) is 25.3. The fourth-order valence-electron chi connectivity index (χ4n) is 7.11. The summed E-state index contributed by atoms with van der Waals surface area (Å²) < 4.78 is 11.0. The van der Waals surface area contributed by atoms with Crippen LogP contribution in [-0.4, -0.2) is 58.8 Å². The number of carboxylic acid groups (broad SMARTS) is 1. The van der Waals surface area contributed by atoms with E-state index in [1.165, 1.54) is 16.2 Å². The zero-order valence-corrected chi connectivity index (χ0v) is 21.4. The van der Waals surface area contributed by atoms with E-state index in [1.54, 1.807) is 26.0 Å². The molecule has 9 nitrogen and oxygen atoms in total. The number of methoxy groups -OCH3 is 2. The third-order valence-corrected chi connectivity index (χ3v) is 10.9. The van der Waals surface area contributed by atoms with Crippen LogP contribution in [0.25, 0.3) is 0 Å². The van der Waals surface area contributed by atoms with Crippen molar-refractivity contribution in [1.29, 1.82) is 0 Å². The number of aromatic nitrogens is 1. The molecule has 3 heterocycles. The normalized spacial score (nSPS) is 31.8. The molecule has 3 fully saturated rings. The number of likely N-dealkylation sites (tertiary alicyclic amines) is 1. The molecular weight excluding hydrogens is 504 g/mol. The van der Waals surface area contributed by atoms with Gasteiger partial charge in [-0.2, -0.15) is 0 Å². The van der Waals surface area contributed by atoms with E-state index >= 15 is 0 Å². The molecule has 2 bridgehead atoms. The number of carbonyl (C=O) groups excluding carboxylic acids is 2. The van der Waals surface area contributed by atoms with Gasteiger partial charge >= 0.3 is 10.8 Å². The highest BCUT2D eigenvalue weighted by Crippen LogP contribution is 2.68. The quantitative estimate of drug-likeness (QED) is 0.524. The van der Waals surface area contributed by atoms with E-state index in [-0.39, 0.29) is 76.8 Å². The third-order valence-electron chi connectivity index (χ3n) is 8.35. The van der Waals surface area contributed by atoms with E-state index in [0.29, 0.717) is 11.5 Å². The number of carboxylic acids is 1. The molecule has 4 aliphatic rings. The summed E-state index contributed by atoms with van der Waals surface area (Å²) in [5.74, 6) is -0.734. The van der Waals surface area contributed by atoms with Crippen molar-refractivity contribution >= 4 is 40.9 Å². The van der Waals surface area contributed by atoms with Crippen molar-refractivity contribution in [2.75, 3.05) is 20.8 Å². The van der Waals surface area contributed by atoms with Crippen molar-refractivity contribution in [2.45, 2.75) is 35.5 Å². The minimum Gasteiger partial charge on any atom is -0.493 e. The van der Waals surface area contributed by atoms with Crippen molar-refractivity contribution in [3.8, 4) is 11.5 Å². The number of aromatic amines is 1. The Morgan fingerprint density at radius 1 is 1.11 bits per heavy atom. The maximum absolute atomic E-state index is 13.5. The fourth-order valence-corrected chi connectivity index (χ4v) is 10.00. The summed E-state index contributed by atoms with van der Waals surface area (Å²) in [4.78, 5) is 55.3. The Hall–Kier alpha value is -2.79. The summed E-state index contributed by atoms with van der Waals surface area (Å²) in [6, 6.07) is 5.81. The van der Waals surface area contributed by atoms with Gasteiger partial charge in [0.25, 0.3) is 0 Å². The fraction of sp³-hybridized carbons (Fsp3) is 0.520. The Morgan fingerprint density at radius 2 is 1.83 bits per heavy atom. The van der Waals surface area contributed by atoms with E-state index in [0.717, 1.165) is 21.9 Å². The average molecular weight is 531 g/mol. The average Bonchev–Trinajstić information content (AvgIpc) is 3.58. The minimum atomic E-state index is -0.935. The van der Waals surface area contributed by atoms with Gasteiger partial charge in [0.2, 0.25) is 11.8 Å². The number of imide groups is 1. The molecule has 1 saturated heterocycles. The number of rotatable bonds is 7. The lowest BCUT2D eigenvalue weighted by Gasteiger charge is -2.43. The number of hydrogen-bond acceptors (Lipinski definition) is 8. The van der Waals surface area contributed by atoms with Gasteiger partial charge in [-0.1, -0.05) is 17.4 Å². The molecule has 2 aliphatic carbocycles. The first-order valence-electron chi connectivity index (χ1n) is 12.0. The van der Waals surface area contributed by atoms with Gasteiger partial charge in [0, 0.05) is 29.0 Å². The van der Waals surface area contributed by atoms with Crippen LogP contribution in [0.15, 0.2) is 28.0 Å². The first-order chi connectivity index (χ1) is 17.3. The Bertz CT molecular complexity index is 1320. The minimum absolute atomic E-state index is 0.0156. The van der Waals surface area contributed by atoms with Gasteiger partial charge in [-0.15, -0.1) is 11.8 Å². The number of hydrogen-bond donors (Lipinski definition) is 2. The molecule has 0 spiro atoms. The van der Waals surface area contributed by atoms with Crippen LogP contribution in [0.3, 0.4) is 0 Å². The monoisotopic (exact) mass is 530 g/mol. The summed E-state index contributed by atoms with van der Waals surface area (Å²) >= 11 is 2.85. The van der Waals surface area contributed by atoms with Crippen molar-refractivity contribution in [3.63, 3.8) is 0 Å². The molecule has 2 amide bonds. The molecule has 2 aromatic rings. The van der Waals surface area contributed by atoms with Crippen molar-refractivity contribution in [2.24, 2.45) is 29.6 Å². The maximum atomic E-state index is 13.5. The van der Waals surface area contributed by atoms with Crippen LogP contribution in [-0.2, 0) is 14.4 Å². The predicted octanol–water partition coefficient (Wildman–Crippen LogP) is 2.79. The summed E-state index contributed by atoms with van der Waals surface area (Å²) in [5, 5.41) is 9.93. The smallest absolute Gasteiger partial charge is 0.305 e. The number of aliphatic carboxylic acids is 1. The number of benzene rings is 1. The Morgan fingerprint density at radius 3 is 2.53 bits per heavy atom. The molecule has 2 N–H and O–H groups in total. The van der Waals surface area contributed by atoms with Crippen molar-refractivity contribution in [3.05, 3.63) is 38.3 Å². The number of H-pyrrole nitrogens is 1. The van der Waals surface area contributed by atoms with E-state index in [9.17, 15) is 19.2 Å². The van der Waals surface area contributed by atoms with E-state index < -0.39 is 5.97 Å². The first-order valence-corrected chi connectivity index (χ1v) is 13.7. The summed E-state index contributed by atoms with van der Waals surface area (Å²) in [6.07, 6.45) is 0.992. The van der Waals surface area contributed by atoms with Gasteiger partial charge in [0.15, 0.2) is 11.5 Å². The Kier molecular flexibility index (Phi) is 5.67. The molecule has 2 saturated carbocycles. The van der Waals surface area contributed by atoms with Crippen LogP contribution in [0.5, 0.6) is 11.5 Å². The molecule has 1 aromatic heterocycles. The molecule has 7 unspecified atom stereocenters. The second kappa shape index (κ2) is 8.65. The molecule has 190 valence electrons. The van der Waals surface area contributed by atoms with E-state index in [2.05, 4.69) is 4.98 Å². The second-order valence-electron chi connectivity index (χ2n) is 9.90. The highest BCUT2D eigenvalue weighted by molar-refractivity contribution is 8.00. The van der Waals surface area contributed by atoms with Gasteiger partial charge in [0.05, 0.1) is 31.1 Å². The number of fused-ring (bicyclic) bond motifs is 9. The number of nitrogens with one attached hydrogen (secondary N) is 1. The predicted molar refractivity (Wildman–Crippen MR) is 132 cm³/mol. The van der Waals surface area contributed by atoms with Crippen LogP contribution >= 0.6 is 23.1 Å². The van der Waals surface area contributed by atoms with Crippen LogP contribution < -0.4 is 14.3 Å². The molecule has 36 heavy (non-hydrogen) atoms. The van der Waals surface area contributed by atoms with E-state index in [4.69, 9.17) is 14.6 Å². The standard InChI is InChI=1S/C25H26N2O7S2/c1-33-13-6-5-10(8-14(13)34-2)16-17-11-9-12(20(17)35-22-21(16)36-25(32)26-22)19-18(11)23(30)27(24(19)31)7-3-4-15(28)29/h5-6,8,11-12,16-20H,3-4,7,9H2,1-2H3,(H,26,32)(H,28,29). The molecule has 2 aliphatic heterocycles. The number of thioether (sulfide) groups is 1. The lowest BCUT2D eigenvalue weighted by atomic mass is 9.68. The zero-order valence-electron chi connectivity index (χ0n) is 19.8. The van der Waals surface area contributed by atoms with Crippen LogP contribution in [0.4, 0.5) is 0 Å². The van der Waals surface area contributed by atoms with Gasteiger partial charge in [-0.3, -0.25) is 24.1 Å². The topological polar surface area (TPSA) is 126 Å². The van der Waals surface area contributed by atoms with Crippen LogP contribution in [0.1, 0.15) is 35.6 Å².